The number of nitrogens with zero attached hydrogens (tertiary/aromatic N) is 4. The van der Waals surface area contributed by atoms with E-state index in [0.717, 1.165) is 17.1 Å². The molecule has 0 bridgehead atoms. The van der Waals surface area contributed by atoms with Gasteiger partial charge in [0.15, 0.2) is 11.5 Å². The third-order valence-electron chi connectivity index (χ3n) is 7.02. The first-order valence-electron chi connectivity index (χ1n) is 14.2. The number of hydrogen-bond donors (Lipinski definition) is 1. The zero-order valence-corrected chi connectivity index (χ0v) is 25.5. The molecule has 0 unspecified atom stereocenters. The van der Waals surface area contributed by atoms with Crippen LogP contribution in [0.5, 0.6) is 17.2 Å². The number of benzene rings is 3. The van der Waals surface area contributed by atoms with Crippen LogP contribution in [0.15, 0.2) is 94.4 Å². The van der Waals surface area contributed by atoms with Crippen molar-refractivity contribution in [1.82, 2.24) is 9.99 Å². The van der Waals surface area contributed by atoms with Crippen LogP contribution in [0.2, 0.25) is 0 Å². The van der Waals surface area contributed by atoms with E-state index >= 15 is 0 Å². The molecule has 0 saturated heterocycles. The van der Waals surface area contributed by atoms with E-state index in [1.807, 2.05) is 38.1 Å². The molecule has 2 aromatic heterocycles. The first-order chi connectivity index (χ1) is 22.6. The van der Waals surface area contributed by atoms with E-state index in [9.17, 15) is 25.0 Å². The van der Waals surface area contributed by atoms with Gasteiger partial charge >= 0.3 is 11.6 Å². The second-order valence-corrected chi connectivity index (χ2v) is 10.2. The molecule has 0 atom stereocenters. The lowest BCUT2D eigenvalue weighted by Gasteiger charge is -2.12. The fourth-order valence-corrected chi connectivity index (χ4v) is 4.70. The SMILES string of the molecule is COc1cc(/C=N/NC(=O)c2ccc(COc3ccc(-n4c(C)ccc4C)cc3)o2)cc([N+](=O)[O-])c1OCc1ccc([N+](=O)[O-])cc1. The van der Waals surface area contributed by atoms with Gasteiger partial charge in [-0.3, -0.25) is 25.0 Å². The van der Waals surface area contributed by atoms with Crippen molar-refractivity contribution in [1.29, 1.82) is 0 Å². The highest BCUT2D eigenvalue weighted by atomic mass is 16.6. The van der Waals surface area contributed by atoms with Gasteiger partial charge in [-0.1, -0.05) is 0 Å². The van der Waals surface area contributed by atoms with Crippen LogP contribution >= 0.6 is 0 Å². The van der Waals surface area contributed by atoms with E-state index in [1.54, 1.807) is 6.07 Å². The van der Waals surface area contributed by atoms with Crippen LogP contribution in [0, 0.1) is 34.1 Å². The fourth-order valence-electron chi connectivity index (χ4n) is 4.70. The zero-order valence-electron chi connectivity index (χ0n) is 25.5. The third-order valence-corrected chi connectivity index (χ3v) is 7.02. The summed E-state index contributed by atoms with van der Waals surface area (Å²) in [5.41, 5.74) is 5.91. The molecular weight excluding hydrogens is 610 g/mol. The zero-order chi connectivity index (χ0) is 33.5. The Kier molecular flexibility index (Phi) is 9.60. The highest BCUT2D eigenvalue weighted by Gasteiger charge is 2.22. The van der Waals surface area contributed by atoms with Gasteiger partial charge in [0.05, 0.1) is 23.2 Å². The summed E-state index contributed by atoms with van der Waals surface area (Å²) in [5.74, 6) is 0.325. The lowest BCUT2D eigenvalue weighted by molar-refractivity contribution is -0.386. The van der Waals surface area contributed by atoms with Crippen LogP contribution in [-0.2, 0) is 13.2 Å². The van der Waals surface area contributed by atoms with Crippen molar-refractivity contribution in [3.63, 3.8) is 0 Å². The van der Waals surface area contributed by atoms with Crippen LogP contribution in [0.3, 0.4) is 0 Å². The third kappa shape index (κ3) is 7.62. The van der Waals surface area contributed by atoms with E-state index in [4.69, 9.17) is 18.6 Å². The number of hydrazone groups is 1. The number of methoxy groups -OCH3 is 1. The minimum absolute atomic E-state index is 0.00629. The minimum atomic E-state index is -0.644. The lowest BCUT2D eigenvalue weighted by atomic mass is 10.1. The Morgan fingerprint density at radius 1 is 0.894 bits per heavy atom. The molecule has 0 aliphatic carbocycles. The van der Waals surface area contributed by atoms with Crippen molar-refractivity contribution in [2.75, 3.05) is 7.11 Å². The molecule has 3 aromatic carbocycles. The maximum atomic E-state index is 12.6. The molecule has 0 aliphatic rings. The van der Waals surface area contributed by atoms with Crippen LogP contribution in [-0.4, -0.2) is 33.6 Å². The van der Waals surface area contributed by atoms with Gasteiger partial charge in [-0.25, -0.2) is 5.43 Å². The number of ether oxygens (including phenoxy) is 3. The Labute approximate surface area is 268 Å². The number of nitro groups is 2. The molecule has 5 rings (SSSR count). The number of hydrogen-bond acceptors (Lipinski definition) is 10. The van der Waals surface area contributed by atoms with Gasteiger partial charge in [0.25, 0.3) is 5.69 Å². The molecule has 47 heavy (non-hydrogen) atoms. The second kappa shape index (κ2) is 14.1. The Morgan fingerprint density at radius 3 is 2.23 bits per heavy atom. The highest BCUT2D eigenvalue weighted by molar-refractivity contribution is 5.92. The van der Waals surface area contributed by atoms with Gasteiger partial charge in [0, 0.05) is 40.8 Å². The van der Waals surface area contributed by atoms with Gasteiger partial charge < -0.3 is 23.2 Å². The summed E-state index contributed by atoms with van der Waals surface area (Å²) in [7, 11) is 1.32. The van der Waals surface area contributed by atoms with E-state index in [2.05, 4.69) is 27.2 Å². The molecule has 14 heteroatoms. The molecule has 0 spiro atoms. The second-order valence-electron chi connectivity index (χ2n) is 10.2. The molecule has 14 nitrogen and oxygen atoms in total. The summed E-state index contributed by atoms with van der Waals surface area (Å²) in [4.78, 5) is 34.1. The quantitative estimate of drug-likeness (QED) is 0.0864. The first kappa shape index (κ1) is 32.0. The van der Waals surface area contributed by atoms with Gasteiger partial charge in [-0.15, -0.1) is 0 Å². The number of furan rings is 1. The molecule has 0 saturated carbocycles. The molecule has 0 fully saturated rings. The largest absolute Gasteiger partial charge is 0.493 e. The number of aromatic nitrogens is 1. The molecule has 0 radical (unpaired) electrons. The van der Waals surface area contributed by atoms with Gasteiger partial charge in [-0.05, 0) is 86.1 Å². The van der Waals surface area contributed by atoms with E-state index < -0.39 is 21.4 Å². The van der Waals surface area contributed by atoms with Crippen molar-refractivity contribution >= 4 is 23.5 Å². The van der Waals surface area contributed by atoms with E-state index in [0.29, 0.717) is 17.1 Å². The topological polar surface area (TPSA) is 173 Å². The number of amides is 1. The fraction of sp³-hybridized carbons (Fsp3) is 0.152. The van der Waals surface area contributed by atoms with Gasteiger partial charge in [0.2, 0.25) is 5.75 Å². The predicted molar refractivity (Wildman–Crippen MR) is 170 cm³/mol. The molecule has 5 aromatic rings. The summed E-state index contributed by atoms with van der Waals surface area (Å²) >= 11 is 0. The number of non-ortho nitro benzene ring substituents is 1. The minimum Gasteiger partial charge on any atom is -0.493 e. The molecule has 2 heterocycles. The first-order valence-corrected chi connectivity index (χ1v) is 14.2. The maximum Gasteiger partial charge on any atom is 0.315 e. The van der Waals surface area contributed by atoms with Crippen molar-refractivity contribution in [3.05, 3.63) is 139 Å². The highest BCUT2D eigenvalue weighted by Crippen LogP contribution is 2.38. The van der Waals surface area contributed by atoms with Crippen LogP contribution in [0.1, 0.15) is 38.8 Å². The number of rotatable bonds is 13. The smallest absolute Gasteiger partial charge is 0.315 e. The molecule has 1 amide bonds. The van der Waals surface area contributed by atoms with Gasteiger partial charge in [-0.2, -0.15) is 5.10 Å². The average Bonchev–Trinajstić information content (AvgIpc) is 3.68. The van der Waals surface area contributed by atoms with Crippen molar-refractivity contribution in [2.45, 2.75) is 27.1 Å². The number of carbonyl (C=O) groups is 1. The summed E-state index contributed by atoms with van der Waals surface area (Å²) in [6.07, 6.45) is 1.21. The monoisotopic (exact) mass is 639 g/mol. The van der Waals surface area contributed by atoms with Gasteiger partial charge in [0.1, 0.15) is 24.7 Å². The van der Waals surface area contributed by atoms with Crippen LogP contribution in [0.25, 0.3) is 5.69 Å². The average molecular weight is 640 g/mol. The van der Waals surface area contributed by atoms with Crippen LogP contribution in [0.4, 0.5) is 11.4 Å². The Bertz CT molecular complexity index is 1920. The van der Waals surface area contributed by atoms with Crippen molar-refractivity contribution in [3.8, 4) is 22.9 Å². The number of nitrogens with one attached hydrogen (secondary N) is 1. The Hall–Kier alpha value is -6.44. The number of nitro benzene ring substituents is 2. The number of aryl methyl sites for hydroxylation is 2. The van der Waals surface area contributed by atoms with E-state index in [-0.39, 0.29) is 41.7 Å². The molecule has 240 valence electrons. The Morgan fingerprint density at radius 2 is 1.60 bits per heavy atom. The molecule has 1 N–H and O–H groups in total. The Balaban J connectivity index is 1.18. The summed E-state index contributed by atoms with van der Waals surface area (Å²) in [5, 5.41) is 26.6. The predicted octanol–water partition coefficient (Wildman–Crippen LogP) is 6.43. The summed E-state index contributed by atoms with van der Waals surface area (Å²) in [6.45, 7) is 4.08. The molecule has 0 aliphatic heterocycles. The van der Waals surface area contributed by atoms with E-state index in [1.165, 1.54) is 55.8 Å². The normalized spacial score (nSPS) is 11.0. The molecular formula is C33H29N5O9. The lowest BCUT2D eigenvalue weighted by Crippen LogP contribution is -2.16. The van der Waals surface area contributed by atoms with Crippen molar-refractivity contribution < 1.29 is 33.3 Å². The van der Waals surface area contributed by atoms with Crippen molar-refractivity contribution in [2.24, 2.45) is 5.10 Å². The maximum absolute atomic E-state index is 12.6. The summed E-state index contributed by atoms with van der Waals surface area (Å²) in [6, 6.07) is 23.1. The van der Waals surface area contributed by atoms with Crippen LogP contribution < -0.4 is 19.6 Å². The standard InChI is InChI=1S/C33H29N5O9/c1-21-4-5-22(2)36(21)25-10-12-27(13-11-25)45-20-28-14-15-30(47-28)33(39)35-34-18-24-16-29(38(42)43)32(31(17-24)44-3)46-19-23-6-8-26(9-7-23)37(40)41/h4-18H,19-20H2,1-3H3,(H,35,39)/b34-18+. The summed E-state index contributed by atoms with van der Waals surface area (Å²) < 4.78 is 24.5. The number of carbonyl (C=O) groups excluding carboxylic acids is 1.